The summed E-state index contributed by atoms with van der Waals surface area (Å²) in [5.74, 6) is 0.0610. The van der Waals surface area contributed by atoms with Gasteiger partial charge in [0.15, 0.2) is 5.78 Å². The first kappa shape index (κ1) is 8.88. The average Bonchev–Trinajstić information content (AvgIpc) is 2.41. The van der Waals surface area contributed by atoms with Crippen LogP contribution < -0.4 is 0 Å². The fourth-order valence-corrected chi connectivity index (χ4v) is 1.43. The third-order valence-electron chi connectivity index (χ3n) is 2.24. The fraction of sp³-hybridized carbons (Fsp3) is 0.167. The number of carbonyl (C=O) groups is 1. The number of fused-ring (bicyclic) bond motifs is 1. The monoisotopic (exact) mass is 185 g/mol. The Morgan fingerprint density at radius 2 is 2.29 bits per heavy atom. The largest absolute Gasteiger partial charge is 0.294 e. The maximum absolute atomic E-state index is 11.1. The van der Waals surface area contributed by atoms with Gasteiger partial charge in [0.05, 0.1) is 5.69 Å². The van der Waals surface area contributed by atoms with Crippen LogP contribution in [0.5, 0.6) is 0 Å². The van der Waals surface area contributed by atoms with Gasteiger partial charge in [-0.25, -0.2) is 0 Å². The molecule has 0 atom stereocenters. The summed E-state index contributed by atoms with van der Waals surface area (Å²) in [6, 6.07) is 1.90. The molecule has 70 valence electrons. The lowest BCUT2D eigenvalue weighted by molar-refractivity contribution is 0.101. The molecule has 0 spiro atoms. The SMILES string of the molecule is CC(=O)c1cnc2c(c1)C=CC=CC2. The van der Waals surface area contributed by atoms with Gasteiger partial charge in [0.25, 0.3) is 0 Å². The molecule has 1 aromatic rings. The lowest BCUT2D eigenvalue weighted by Crippen LogP contribution is -1.98. The van der Waals surface area contributed by atoms with Crippen molar-refractivity contribution in [3.63, 3.8) is 0 Å². The predicted octanol–water partition coefficient (Wildman–Crippen LogP) is 2.41. The molecule has 0 bridgehead atoms. The highest BCUT2D eigenvalue weighted by atomic mass is 16.1. The van der Waals surface area contributed by atoms with Crippen LogP contribution in [0.25, 0.3) is 6.08 Å². The van der Waals surface area contributed by atoms with Crippen molar-refractivity contribution in [2.45, 2.75) is 13.3 Å². The van der Waals surface area contributed by atoms with Crippen molar-refractivity contribution >= 4 is 11.9 Å². The number of aromatic nitrogens is 1. The van der Waals surface area contributed by atoms with E-state index in [1.807, 2.05) is 24.3 Å². The van der Waals surface area contributed by atoms with Crippen LogP contribution in [-0.4, -0.2) is 10.8 Å². The van der Waals surface area contributed by atoms with E-state index >= 15 is 0 Å². The van der Waals surface area contributed by atoms with Gasteiger partial charge < -0.3 is 0 Å². The predicted molar refractivity (Wildman–Crippen MR) is 56.1 cm³/mol. The van der Waals surface area contributed by atoms with Crippen molar-refractivity contribution in [2.24, 2.45) is 0 Å². The van der Waals surface area contributed by atoms with Crippen molar-refractivity contribution in [1.82, 2.24) is 4.98 Å². The Labute approximate surface area is 83.0 Å². The van der Waals surface area contributed by atoms with E-state index in [0.717, 1.165) is 17.7 Å². The van der Waals surface area contributed by atoms with E-state index in [-0.39, 0.29) is 5.78 Å². The standard InChI is InChI=1S/C12H11NO/c1-9(14)11-7-10-5-3-2-4-6-12(10)13-8-11/h2-5,7-8H,6H2,1H3. The van der Waals surface area contributed by atoms with Gasteiger partial charge in [-0.1, -0.05) is 24.3 Å². The van der Waals surface area contributed by atoms with Gasteiger partial charge in [0.1, 0.15) is 0 Å². The van der Waals surface area contributed by atoms with Crippen molar-refractivity contribution in [1.29, 1.82) is 0 Å². The number of rotatable bonds is 1. The van der Waals surface area contributed by atoms with E-state index in [9.17, 15) is 4.79 Å². The highest BCUT2D eigenvalue weighted by Gasteiger charge is 2.05. The lowest BCUT2D eigenvalue weighted by Gasteiger charge is -2.03. The van der Waals surface area contributed by atoms with Gasteiger partial charge >= 0.3 is 0 Å². The molecule has 0 saturated carbocycles. The lowest BCUT2D eigenvalue weighted by atomic mass is 10.1. The molecular weight excluding hydrogens is 174 g/mol. The average molecular weight is 185 g/mol. The summed E-state index contributed by atoms with van der Waals surface area (Å²) in [5.41, 5.74) is 2.75. The number of pyridine rings is 1. The zero-order chi connectivity index (χ0) is 9.97. The molecule has 0 fully saturated rings. The number of hydrogen-bond acceptors (Lipinski definition) is 2. The molecule has 0 aromatic carbocycles. The van der Waals surface area contributed by atoms with Crippen molar-refractivity contribution < 1.29 is 4.79 Å². The summed E-state index contributed by atoms with van der Waals surface area (Å²) in [5, 5.41) is 0. The van der Waals surface area contributed by atoms with Crippen molar-refractivity contribution in [2.75, 3.05) is 0 Å². The van der Waals surface area contributed by atoms with E-state index < -0.39 is 0 Å². The number of allylic oxidation sites excluding steroid dienone is 3. The molecule has 0 unspecified atom stereocenters. The van der Waals surface area contributed by atoms with E-state index in [2.05, 4.69) is 11.1 Å². The summed E-state index contributed by atoms with van der Waals surface area (Å²) >= 11 is 0. The molecule has 1 heterocycles. The minimum atomic E-state index is 0.0610. The van der Waals surface area contributed by atoms with Gasteiger partial charge in [-0.05, 0) is 18.6 Å². The van der Waals surface area contributed by atoms with Gasteiger partial charge in [-0.2, -0.15) is 0 Å². The zero-order valence-electron chi connectivity index (χ0n) is 8.03. The number of nitrogens with zero attached hydrogens (tertiary/aromatic N) is 1. The number of Topliss-reactive ketones (excluding diaryl/α,β-unsaturated/α-hetero) is 1. The van der Waals surface area contributed by atoms with Crippen LogP contribution in [0.1, 0.15) is 28.5 Å². The van der Waals surface area contributed by atoms with E-state index in [1.54, 1.807) is 13.1 Å². The molecular formula is C12H11NO. The smallest absolute Gasteiger partial charge is 0.161 e. The van der Waals surface area contributed by atoms with Crippen LogP contribution in [0.3, 0.4) is 0 Å². The molecule has 2 rings (SSSR count). The Hall–Kier alpha value is -1.70. The molecule has 0 aliphatic heterocycles. The van der Waals surface area contributed by atoms with E-state index in [0.29, 0.717) is 5.56 Å². The van der Waals surface area contributed by atoms with Crippen molar-refractivity contribution in [3.05, 3.63) is 47.3 Å². The Balaban J connectivity index is 2.49. The zero-order valence-corrected chi connectivity index (χ0v) is 8.03. The number of ketones is 1. The quantitative estimate of drug-likeness (QED) is 0.629. The van der Waals surface area contributed by atoms with Crippen LogP contribution in [0.4, 0.5) is 0 Å². The fourth-order valence-electron chi connectivity index (χ4n) is 1.43. The Kier molecular flexibility index (Phi) is 2.27. The normalized spacial score (nSPS) is 13.5. The highest BCUT2D eigenvalue weighted by Crippen LogP contribution is 2.15. The van der Waals surface area contributed by atoms with Gasteiger partial charge in [0.2, 0.25) is 0 Å². The molecule has 14 heavy (non-hydrogen) atoms. The highest BCUT2D eigenvalue weighted by molar-refractivity contribution is 5.94. The molecule has 0 N–H and O–H groups in total. The summed E-state index contributed by atoms with van der Waals surface area (Å²) in [7, 11) is 0. The first-order valence-corrected chi connectivity index (χ1v) is 4.60. The third-order valence-corrected chi connectivity index (χ3v) is 2.24. The van der Waals surface area contributed by atoms with Crippen molar-refractivity contribution in [3.8, 4) is 0 Å². The first-order valence-electron chi connectivity index (χ1n) is 4.60. The second-order valence-corrected chi connectivity index (χ2v) is 3.31. The molecule has 0 saturated heterocycles. The van der Waals surface area contributed by atoms with Crippen LogP contribution in [0.2, 0.25) is 0 Å². The first-order chi connectivity index (χ1) is 6.77. The summed E-state index contributed by atoms with van der Waals surface area (Å²) < 4.78 is 0. The summed E-state index contributed by atoms with van der Waals surface area (Å²) in [4.78, 5) is 15.4. The number of carbonyl (C=O) groups excluding carboxylic acids is 1. The molecule has 2 heteroatoms. The Morgan fingerprint density at radius 1 is 1.43 bits per heavy atom. The van der Waals surface area contributed by atoms with Crippen LogP contribution in [-0.2, 0) is 6.42 Å². The van der Waals surface area contributed by atoms with Gasteiger partial charge in [0, 0.05) is 18.2 Å². The molecule has 2 nitrogen and oxygen atoms in total. The van der Waals surface area contributed by atoms with Gasteiger partial charge in [-0.15, -0.1) is 0 Å². The molecule has 0 radical (unpaired) electrons. The van der Waals surface area contributed by atoms with Crippen LogP contribution in [0, 0.1) is 0 Å². The summed E-state index contributed by atoms with van der Waals surface area (Å²) in [6.07, 6.45) is 10.5. The second-order valence-electron chi connectivity index (χ2n) is 3.31. The number of hydrogen-bond donors (Lipinski definition) is 0. The minimum absolute atomic E-state index is 0.0610. The molecule has 1 aliphatic carbocycles. The summed E-state index contributed by atoms with van der Waals surface area (Å²) in [6.45, 7) is 1.56. The maximum atomic E-state index is 11.1. The topological polar surface area (TPSA) is 30.0 Å². The minimum Gasteiger partial charge on any atom is -0.294 e. The van der Waals surface area contributed by atoms with Gasteiger partial charge in [-0.3, -0.25) is 9.78 Å². The second kappa shape index (κ2) is 3.58. The Bertz CT molecular complexity index is 430. The maximum Gasteiger partial charge on any atom is 0.161 e. The van der Waals surface area contributed by atoms with E-state index in [1.165, 1.54) is 0 Å². The van der Waals surface area contributed by atoms with Crippen LogP contribution >= 0.6 is 0 Å². The van der Waals surface area contributed by atoms with Crippen LogP contribution in [0.15, 0.2) is 30.5 Å². The third kappa shape index (κ3) is 1.64. The van der Waals surface area contributed by atoms with E-state index in [4.69, 9.17) is 0 Å². The molecule has 1 aliphatic rings. The molecule has 1 aromatic heterocycles. The Morgan fingerprint density at radius 3 is 3.07 bits per heavy atom. The molecule has 0 amide bonds.